The van der Waals surface area contributed by atoms with Crippen LogP contribution in [0, 0.1) is 0 Å². The van der Waals surface area contributed by atoms with Crippen LogP contribution in [0.1, 0.15) is 16.9 Å². The number of carbonyl (C=O) groups is 3. The highest BCUT2D eigenvalue weighted by atomic mass is 16.4. The van der Waals surface area contributed by atoms with Gasteiger partial charge in [0.2, 0.25) is 5.91 Å². The maximum absolute atomic E-state index is 11.4. The van der Waals surface area contributed by atoms with Gasteiger partial charge in [-0.15, -0.1) is 0 Å². The first-order valence-electron chi connectivity index (χ1n) is 4.81. The van der Waals surface area contributed by atoms with E-state index in [0.717, 1.165) is 0 Å². The molecule has 0 radical (unpaired) electrons. The van der Waals surface area contributed by atoms with E-state index < -0.39 is 17.8 Å². The molecule has 1 aromatic rings. The van der Waals surface area contributed by atoms with Crippen molar-refractivity contribution in [3.05, 3.63) is 18.0 Å². The third kappa shape index (κ3) is 4.33. The van der Waals surface area contributed by atoms with Gasteiger partial charge in [0.1, 0.15) is 5.69 Å². The molecular formula is C9H12N4O4. The smallest absolute Gasteiger partial charge is 0.305 e. The Morgan fingerprint density at radius 3 is 2.76 bits per heavy atom. The van der Waals surface area contributed by atoms with Crippen LogP contribution in [0.3, 0.4) is 0 Å². The van der Waals surface area contributed by atoms with Gasteiger partial charge >= 0.3 is 5.97 Å². The topological polar surface area (TPSA) is 127 Å². The Hall–Kier alpha value is -2.38. The first kappa shape index (κ1) is 12.7. The number of hydrogen-bond acceptors (Lipinski definition) is 4. The molecule has 0 aliphatic rings. The van der Waals surface area contributed by atoms with Crippen LogP contribution < -0.4 is 11.1 Å². The van der Waals surface area contributed by atoms with Crippen LogP contribution in [-0.4, -0.2) is 39.2 Å². The van der Waals surface area contributed by atoms with Crippen LogP contribution in [-0.2, 0) is 16.1 Å². The van der Waals surface area contributed by atoms with Crippen molar-refractivity contribution in [1.29, 1.82) is 0 Å². The van der Waals surface area contributed by atoms with E-state index in [9.17, 15) is 14.4 Å². The zero-order valence-electron chi connectivity index (χ0n) is 8.92. The van der Waals surface area contributed by atoms with Crippen molar-refractivity contribution in [2.45, 2.75) is 13.0 Å². The third-order valence-electron chi connectivity index (χ3n) is 1.85. The van der Waals surface area contributed by atoms with Crippen LogP contribution in [0.25, 0.3) is 0 Å². The summed E-state index contributed by atoms with van der Waals surface area (Å²) in [5.41, 5.74) is 4.97. The summed E-state index contributed by atoms with van der Waals surface area (Å²) >= 11 is 0. The van der Waals surface area contributed by atoms with Gasteiger partial charge in [-0.3, -0.25) is 19.1 Å². The molecule has 8 nitrogen and oxygen atoms in total. The number of primary amides is 1. The molecule has 0 bridgehead atoms. The van der Waals surface area contributed by atoms with Crippen molar-refractivity contribution in [2.75, 3.05) is 6.54 Å². The summed E-state index contributed by atoms with van der Waals surface area (Å²) in [5, 5.41) is 14.6. The lowest BCUT2D eigenvalue weighted by molar-refractivity contribution is -0.137. The third-order valence-corrected chi connectivity index (χ3v) is 1.85. The molecule has 0 fully saturated rings. The van der Waals surface area contributed by atoms with E-state index in [1.807, 2.05) is 0 Å². The van der Waals surface area contributed by atoms with Crippen LogP contribution in [0.4, 0.5) is 0 Å². The molecule has 1 rings (SSSR count). The number of amides is 2. The quantitative estimate of drug-likeness (QED) is 0.561. The minimum absolute atomic E-state index is 0.0793. The molecule has 0 saturated heterocycles. The van der Waals surface area contributed by atoms with Gasteiger partial charge in [0.25, 0.3) is 5.91 Å². The number of nitrogens with two attached hydrogens (primary N) is 1. The first-order chi connectivity index (χ1) is 7.99. The molecule has 17 heavy (non-hydrogen) atoms. The fourth-order valence-electron chi connectivity index (χ4n) is 1.08. The Kier molecular flexibility index (Phi) is 4.21. The average Bonchev–Trinajstić information content (AvgIpc) is 2.71. The van der Waals surface area contributed by atoms with E-state index >= 15 is 0 Å². The van der Waals surface area contributed by atoms with Gasteiger partial charge < -0.3 is 16.2 Å². The van der Waals surface area contributed by atoms with Crippen molar-refractivity contribution >= 4 is 17.8 Å². The Labute approximate surface area is 96.4 Å². The second-order valence-corrected chi connectivity index (χ2v) is 3.26. The van der Waals surface area contributed by atoms with Crippen molar-refractivity contribution in [3.63, 3.8) is 0 Å². The lowest BCUT2D eigenvalue weighted by Crippen LogP contribution is -2.33. The van der Waals surface area contributed by atoms with E-state index in [-0.39, 0.29) is 25.2 Å². The number of aliphatic carboxylic acids is 1. The number of aromatic nitrogens is 2. The molecule has 8 heteroatoms. The maximum atomic E-state index is 11.4. The minimum Gasteiger partial charge on any atom is -0.481 e. The maximum Gasteiger partial charge on any atom is 0.305 e. The highest BCUT2D eigenvalue weighted by Gasteiger charge is 2.10. The SMILES string of the molecule is NC(=O)CNC(=O)c1ccn(CCC(=O)O)n1. The fraction of sp³-hybridized carbons (Fsp3) is 0.333. The van der Waals surface area contributed by atoms with Crippen molar-refractivity contribution in [3.8, 4) is 0 Å². The number of hydrogen-bond donors (Lipinski definition) is 3. The van der Waals surface area contributed by atoms with Crippen LogP contribution in [0.2, 0.25) is 0 Å². The summed E-state index contributed by atoms with van der Waals surface area (Å²) < 4.78 is 1.34. The van der Waals surface area contributed by atoms with E-state index in [2.05, 4.69) is 10.4 Å². The molecule has 0 spiro atoms. The van der Waals surface area contributed by atoms with Gasteiger partial charge in [-0.05, 0) is 6.07 Å². The van der Waals surface area contributed by atoms with Gasteiger partial charge in [0.15, 0.2) is 0 Å². The van der Waals surface area contributed by atoms with Crippen molar-refractivity contribution in [2.24, 2.45) is 5.73 Å². The standard InChI is InChI=1S/C9H12N4O4/c10-7(14)5-11-9(17)6-1-3-13(12-6)4-2-8(15)16/h1,3H,2,4-5H2,(H2,10,14)(H,11,17)(H,15,16). The summed E-state index contributed by atoms with van der Waals surface area (Å²) in [6.45, 7) is -0.0841. The molecule has 92 valence electrons. The minimum atomic E-state index is -0.944. The Bertz CT molecular complexity index is 440. The van der Waals surface area contributed by atoms with Crippen LogP contribution in [0.5, 0.6) is 0 Å². The van der Waals surface area contributed by atoms with Gasteiger partial charge in [-0.25, -0.2) is 0 Å². The fourth-order valence-corrected chi connectivity index (χ4v) is 1.08. The van der Waals surface area contributed by atoms with Crippen LogP contribution in [0.15, 0.2) is 12.3 Å². The second kappa shape index (κ2) is 5.64. The number of carboxylic acid groups (broad SMARTS) is 1. The van der Waals surface area contributed by atoms with E-state index in [4.69, 9.17) is 10.8 Å². The highest BCUT2D eigenvalue weighted by Crippen LogP contribution is 1.97. The first-order valence-corrected chi connectivity index (χ1v) is 4.81. The molecule has 4 N–H and O–H groups in total. The number of aryl methyl sites for hydroxylation is 1. The summed E-state index contributed by atoms with van der Waals surface area (Å²) in [6.07, 6.45) is 1.41. The highest BCUT2D eigenvalue weighted by molar-refractivity contribution is 5.94. The lowest BCUT2D eigenvalue weighted by atomic mass is 10.4. The average molecular weight is 240 g/mol. The van der Waals surface area contributed by atoms with Gasteiger partial charge in [-0.1, -0.05) is 0 Å². The number of nitrogens with zero attached hydrogens (tertiary/aromatic N) is 2. The lowest BCUT2D eigenvalue weighted by Gasteiger charge is -1.99. The number of nitrogens with one attached hydrogen (secondary N) is 1. The van der Waals surface area contributed by atoms with Gasteiger partial charge in [0, 0.05) is 6.20 Å². The molecule has 0 atom stereocenters. The van der Waals surface area contributed by atoms with E-state index in [0.29, 0.717) is 0 Å². The zero-order valence-corrected chi connectivity index (χ0v) is 8.92. The summed E-state index contributed by atoms with van der Waals surface area (Å²) in [4.78, 5) is 32.1. The van der Waals surface area contributed by atoms with E-state index in [1.54, 1.807) is 0 Å². The number of rotatable bonds is 6. The Morgan fingerprint density at radius 1 is 1.47 bits per heavy atom. The molecule has 0 aliphatic heterocycles. The molecule has 1 aromatic heterocycles. The number of carboxylic acids is 1. The van der Waals surface area contributed by atoms with Crippen LogP contribution >= 0.6 is 0 Å². The summed E-state index contributed by atoms with van der Waals surface area (Å²) in [7, 11) is 0. The van der Waals surface area contributed by atoms with Gasteiger partial charge in [0.05, 0.1) is 19.5 Å². The summed E-state index contributed by atoms with van der Waals surface area (Å²) in [5.74, 6) is -2.12. The molecule has 1 heterocycles. The second-order valence-electron chi connectivity index (χ2n) is 3.26. The predicted molar refractivity (Wildman–Crippen MR) is 56.0 cm³/mol. The van der Waals surface area contributed by atoms with Crippen molar-refractivity contribution < 1.29 is 19.5 Å². The molecule has 0 aromatic carbocycles. The molecule has 2 amide bonds. The Balaban J connectivity index is 2.52. The molecule has 0 saturated carbocycles. The van der Waals surface area contributed by atoms with Crippen molar-refractivity contribution in [1.82, 2.24) is 15.1 Å². The van der Waals surface area contributed by atoms with E-state index in [1.165, 1.54) is 16.9 Å². The Morgan fingerprint density at radius 2 is 2.18 bits per heavy atom. The molecule has 0 aliphatic carbocycles. The molecule has 0 unspecified atom stereocenters. The summed E-state index contributed by atoms with van der Waals surface area (Å²) in [6, 6.07) is 1.43. The monoisotopic (exact) mass is 240 g/mol. The number of carbonyl (C=O) groups excluding carboxylic acids is 2. The molecular weight excluding hydrogens is 228 g/mol. The largest absolute Gasteiger partial charge is 0.481 e. The zero-order chi connectivity index (χ0) is 12.8. The normalized spacial score (nSPS) is 9.88. The van der Waals surface area contributed by atoms with Gasteiger partial charge in [-0.2, -0.15) is 5.10 Å². The predicted octanol–water partition coefficient (Wildman–Crippen LogP) is -1.43.